The van der Waals surface area contributed by atoms with Crippen LogP contribution in [0.1, 0.15) is 65.2 Å². The highest BCUT2D eigenvalue weighted by atomic mass is 32.2. The minimum Gasteiger partial charge on any atom is -0.493 e. The molecule has 1 aromatic carbocycles. The molecule has 47 heavy (non-hydrogen) atoms. The van der Waals surface area contributed by atoms with Gasteiger partial charge < -0.3 is 30.0 Å². The summed E-state index contributed by atoms with van der Waals surface area (Å²) in [6.45, 7) is 5.57. The van der Waals surface area contributed by atoms with Gasteiger partial charge in [-0.2, -0.15) is 4.98 Å². The predicted octanol–water partition coefficient (Wildman–Crippen LogP) is 4.11. The Morgan fingerprint density at radius 3 is 2.51 bits per heavy atom. The summed E-state index contributed by atoms with van der Waals surface area (Å²) in [5.74, 6) is 2.22. The third-order valence-electron chi connectivity index (χ3n) is 8.97. The van der Waals surface area contributed by atoms with Crippen LogP contribution in [0.15, 0.2) is 42.7 Å². The molecule has 0 spiro atoms. The van der Waals surface area contributed by atoms with Crippen LogP contribution in [0.2, 0.25) is 0 Å². The number of amides is 1. The van der Waals surface area contributed by atoms with Crippen molar-refractivity contribution in [3.63, 3.8) is 0 Å². The van der Waals surface area contributed by atoms with Crippen LogP contribution in [0, 0.1) is 11.8 Å². The van der Waals surface area contributed by atoms with E-state index >= 15 is 0 Å². The second-order valence-electron chi connectivity index (χ2n) is 13.3. The third kappa shape index (κ3) is 9.44. The Morgan fingerprint density at radius 1 is 1.06 bits per heavy atom. The summed E-state index contributed by atoms with van der Waals surface area (Å²) in [6.07, 6.45) is 10.3. The lowest BCUT2D eigenvalue weighted by molar-refractivity contribution is -0.154. The average Bonchev–Trinajstić information content (AvgIpc) is 3.48. The standard InChI is InChI=1S/C34H48N6O6S/c1-23(2)22-28(35)33(42)46-26-13-17-39(18-14-26)32(41)24-8-10-25(11-9-24)37-34-36-16-12-31(38-34)40-19-15-27-29(40)6-4-7-30(27)45-20-5-21-47(3,43)44/h4,6-7,12,15-16,19,23-26,28H,5,8-11,13-14,17-18,20-22,35H2,1-3H3,(H,36,37,38)/t24?,25?,28-/m0/s1. The number of benzene rings is 1. The molecule has 1 saturated heterocycles. The molecule has 0 unspecified atom stereocenters. The van der Waals surface area contributed by atoms with E-state index in [0.717, 1.165) is 36.6 Å². The molecular formula is C34H48N6O6S. The van der Waals surface area contributed by atoms with E-state index in [9.17, 15) is 18.0 Å². The number of likely N-dealkylation sites (tertiary alicyclic amines) is 1. The van der Waals surface area contributed by atoms with E-state index in [2.05, 4.69) is 10.3 Å². The van der Waals surface area contributed by atoms with Crippen LogP contribution < -0.4 is 15.8 Å². The van der Waals surface area contributed by atoms with Gasteiger partial charge in [-0.05, 0) is 68.7 Å². The van der Waals surface area contributed by atoms with Crippen LogP contribution in [0.5, 0.6) is 5.75 Å². The Balaban J connectivity index is 1.10. The number of ether oxygens (including phenoxy) is 2. The molecule has 256 valence electrons. The summed E-state index contributed by atoms with van der Waals surface area (Å²) in [6, 6.07) is 9.17. The monoisotopic (exact) mass is 668 g/mol. The molecule has 0 radical (unpaired) electrons. The van der Waals surface area contributed by atoms with E-state index in [1.807, 2.05) is 59.8 Å². The highest BCUT2D eigenvalue weighted by Crippen LogP contribution is 2.31. The van der Waals surface area contributed by atoms with Gasteiger partial charge in [0.15, 0.2) is 0 Å². The Hall–Kier alpha value is -3.71. The van der Waals surface area contributed by atoms with Gasteiger partial charge in [0.05, 0.1) is 17.9 Å². The van der Waals surface area contributed by atoms with Gasteiger partial charge in [-0.1, -0.05) is 19.9 Å². The maximum Gasteiger partial charge on any atom is 0.323 e. The van der Waals surface area contributed by atoms with Gasteiger partial charge in [-0.25, -0.2) is 13.4 Å². The Kier molecular flexibility index (Phi) is 11.4. The molecule has 1 saturated carbocycles. The highest BCUT2D eigenvalue weighted by molar-refractivity contribution is 7.90. The fourth-order valence-electron chi connectivity index (χ4n) is 6.50. The summed E-state index contributed by atoms with van der Waals surface area (Å²) in [7, 11) is -3.03. The first-order valence-electron chi connectivity index (χ1n) is 16.7. The van der Waals surface area contributed by atoms with Crippen molar-refractivity contribution in [1.29, 1.82) is 0 Å². The van der Waals surface area contributed by atoms with Crippen molar-refractivity contribution in [1.82, 2.24) is 19.4 Å². The number of carbonyl (C=O) groups excluding carboxylic acids is 2. The number of piperidine rings is 1. The summed E-state index contributed by atoms with van der Waals surface area (Å²) in [5.41, 5.74) is 6.90. The van der Waals surface area contributed by atoms with Crippen molar-refractivity contribution in [3.8, 4) is 11.6 Å². The molecule has 2 aliphatic rings. The molecule has 1 amide bonds. The Labute approximate surface area is 277 Å². The number of nitrogens with zero attached hydrogens (tertiary/aromatic N) is 4. The van der Waals surface area contributed by atoms with E-state index in [4.69, 9.17) is 20.2 Å². The van der Waals surface area contributed by atoms with Crippen LogP contribution >= 0.6 is 0 Å². The number of hydrogen-bond donors (Lipinski definition) is 2. The maximum absolute atomic E-state index is 13.3. The van der Waals surface area contributed by atoms with Crippen LogP contribution in [0.3, 0.4) is 0 Å². The highest BCUT2D eigenvalue weighted by Gasteiger charge is 2.33. The lowest BCUT2D eigenvalue weighted by Crippen LogP contribution is -2.46. The molecule has 13 heteroatoms. The van der Waals surface area contributed by atoms with Crippen molar-refractivity contribution in [2.24, 2.45) is 17.6 Å². The molecule has 0 bridgehead atoms. The molecule has 1 atom stereocenters. The van der Waals surface area contributed by atoms with Crippen LogP contribution in [0.4, 0.5) is 5.95 Å². The van der Waals surface area contributed by atoms with Gasteiger partial charge in [-0.15, -0.1) is 0 Å². The minimum atomic E-state index is -3.03. The number of nitrogens with two attached hydrogens (primary N) is 1. The molecule has 3 N–H and O–H groups in total. The average molecular weight is 669 g/mol. The number of aromatic nitrogens is 3. The maximum atomic E-state index is 13.3. The second-order valence-corrected chi connectivity index (χ2v) is 15.6. The van der Waals surface area contributed by atoms with Crippen molar-refractivity contribution in [2.75, 3.05) is 37.0 Å². The topological polar surface area (TPSA) is 159 Å². The van der Waals surface area contributed by atoms with Gasteiger partial charge >= 0.3 is 5.97 Å². The third-order valence-corrected chi connectivity index (χ3v) is 10.0. The number of carbonyl (C=O) groups is 2. The molecule has 2 fully saturated rings. The van der Waals surface area contributed by atoms with Crippen molar-refractivity contribution in [3.05, 3.63) is 42.7 Å². The number of anilines is 1. The van der Waals surface area contributed by atoms with Gasteiger partial charge in [-0.3, -0.25) is 9.59 Å². The van der Waals surface area contributed by atoms with Crippen molar-refractivity contribution < 1.29 is 27.5 Å². The fourth-order valence-corrected chi connectivity index (χ4v) is 7.14. The zero-order valence-corrected chi connectivity index (χ0v) is 28.5. The summed E-state index contributed by atoms with van der Waals surface area (Å²) >= 11 is 0. The largest absolute Gasteiger partial charge is 0.493 e. The fraction of sp³-hybridized carbons (Fsp3) is 0.588. The quantitative estimate of drug-likeness (QED) is 0.201. The first-order chi connectivity index (χ1) is 22.5. The lowest BCUT2D eigenvalue weighted by atomic mass is 9.85. The molecule has 1 aliphatic heterocycles. The zero-order valence-electron chi connectivity index (χ0n) is 27.6. The van der Waals surface area contributed by atoms with E-state index in [1.54, 1.807) is 6.20 Å². The van der Waals surface area contributed by atoms with E-state index in [-0.39, 0.29) is 35.7 Å². The molecule has 1 aliphatic carbocycles. The second kappa shape index (κ2) is 15.5. The smallest absolute Gasteiger partial charge is 0.323 e. The number of rotatable bonds is 13. The number of fused-ring (bicyclic) bond motifs is 1. The van der Waals surface area contributed by atoms with Crippen molar-refractivity contribution >= 4 is 38.6 Å². The normalized spacial score (nSPS) is 19.9. The van der Waals surface area contributed by atoms with Gasteiger partial charge in [0, 0.05) is 61.9 Å². The van der Waals surface area contributed by atoms with E-state index in [1.165, 1.54) is 6.26 Å². The predicted molar refractivity (Wildman–Crippen MR) is 181 cm³/mol. The Bertz CT molecular complexity index is 1630. The number of nitrogens with one attached hydrogen (secondary N) is 1. The lowest BCUT2D eigenvalue weighted by Gasteiger charge is -2.36. The molecule has 12 nitrogen and oxygen atoms in total. The van der Waals surface area contributed by atoms with Gasteiger partial charge in [0.2, 0.25) is 11.9 Å². The molecule has 2 aromatic heterocycles. The first kappa shape index (κ1) is 34.6. The molecule has 3 heterocycles. The number of sulfone groups is 1. The van der Waals surface area contributed by atoms with Gasteiger partial charge in [0.1, 0.15) is 33.6 Å². The number of hydrogen-bond acceptors (Lipinski definition) is 10. The zero-order chi connectivity index (χ0) is 33.6. The Morgan fingerprint density at radius 2 is 1.81 bits per heavy atom. The van der Waals surface area contributed by atoms with E-state index < -0.39 is 15.9 Å². The molecule has 5 rings (SSSR count). The minimum absolute atomic E-state index is 0.00658. The summed E-state index contributed by atoms with van der Waals surface area (Å²) in [5, 5.41) is 4.40. The summed E-state index contributed by atoms with van der Waals surface area (Å²) < 4.78 is 36.4. The van der Waals surface area contributed by atoms with Gasteiger partial charge in [0.25, 0.3) is 0 Å². The first-order valence-corrected chi connectivity index (χ1v) is 18.8. The SMILES string of the molecule is CC(C)C[C@H](N)C(=O)OC1CCN(C(=O)C2CCC(Nc3nccc(-n4ccc5c(OCCCS(C)(=O)=O)cccc54)n3)CC2)CC1. The van der Waals surface area contributed by atoms with Crippen LogP contribution in [0.25, 0.3) is 16.7 Å². The molecule has 3 aromatic rings. The van der Waals surface area contributed by atoms with E-state index in [0.29, 0.717) is 68.8 Å². The summed E-state index contributed by atoms with van der Waals surface area (Å²) in [4.78, 5) is 36.8. The van der Waals surface area contributed by atoms with Crippen LogP contribution in [-0.2, 0) is 24.2 Å². The molecular weight excluding hydrogens is 620 g/mol. The van der Waals surface area contributed by atoms with Crippen molar-refractivity contribution in [2.45, 2.75) is 83.4 Å². The number of esters is 1. The van der Waals surface area contributed by atoms with Crippen LogP contribution in [-0.4, -0.2) is 89.6 Å².